The van der Waals surface area contributed by atoms with Crippen LogP contribution in [0.2, 0.25) is 5.15 Å². The molecule has 94 valence electrons. The molecule has 1 atom stereocenters. The summed E-state index contributed by atoms with van der Waals surface area (Å²) < 4.78 is 0.941. The van der Waals surface area contributed by atoms with E-state index in [2.05, 4.69) is 37.7 Å². The number of nitrogens with one attached hydrogen (secondary N) is 1. The van der Waals surface area contributed by atoms with Gasteiger partial charge in [-0.05, 0) is 58.3 Å². The molecule has 1 unspecified atom stereocenters. The lowest BCUT2D eigenvalue weighted by Gasteiger charge is -2.25. The Morgan fingerprint density at radius 2 is 2.39 bits per heavy atom. The molecule has 1 N–H and O–H groups in total. The van der Waals surface area contributed by atoms with Crippen LogP contribution in [0.5, 0.6) is 0 Å². The molecule has 0 bridgehead atoms. The topological polar surface area (TPSA) is 24.9 Å². The number of anilines is 1. The average Bonchev–Trinajstić information content (AvgIpc) is 2.83. The molecule has 5 heteroatoms. The van der Waals surface area contributed by atoms with Gasteiger partial charge < -0.3 is 5.32 Å². The minimum absolute atomic E-state index is 0.355. The molecule has 2 aromatic heterocycles. The SMILES string of the molecule is Clc1ncc(Br)cc1NC1CCCc2sccc21. The van der Waals surface area contributed by atoms with E-state index >= 15 is 0 Å². The number of aryl methyl sites for hydroxylation is 1. The summed E-state index contributed by atoms with van der Waals surface area (Å²) >= 11 is 11.4. The summed E-state index contributed by atoms with van der Waals surface area (Å²) in [4.78, 5) is 5.64. The lowest BCUT2D eigenvalue weighted by atomic mass is 9.94. The Morgan fingerprint density at radius 3 is 3.28 bits per heavy atom. The zero-order chi connectivity index (χ0) is 12.5. The van der Waals surface area contributed by atoms with Crippen molar-refractivity contribution in [3.63, 3.8) is 0 Å². The van der Waals surface area contributed by atoms with E-state index in [4.69, 9.17) is 11.6 Å². The van der Waals surface area contributed by atoms with Gasteiger partial charge in [-0.25, -0.2) is 4.98 Å². The van der Waals surface area contributed by atoms with Gasteiger partial charge in [0.1, 0.15) is 0 Å². The highest BCUT2D eigenvalue weighted by molar-refractivity contribution is 9.10. The van der Waals surface area contributed by atoms with Crippen molar-refractivity contribution >= 4 is 44.6 Å². The standard InChI is InChI=1S/C13H12BrClN2S/c14-8-6-11(13(15)16-7-8)17-10-2-1-3-12-9(10)4-5-18-12/h4-7,10,17H,1-3H2. The number of thiophene rings is 1. The van der Waals surface area contributed by atoms with Gasteiger partial charge in [-0.2, -0.15) is 0 Å². The predicted octanol–water partition coefficient (Wildman–Crippen LogP) is 5.05. The van der Waals surface area contributed by atoms with Crippen LogP contribution in [0.4, 0.5) is 5.69 Å². The van der Waals surface area contributed by atoms with Gasteiger partial charge >= 0.3 is 0 Å². The summed E-state index contributed by atoms with van der Waals surface area (Å²) in [7, 11) is 0. The molecule has 1 aliphatic rings. The Balaban J connectivity index is 1.88. The van der Waals surface area contributed by atoms with Gasteiger partial charge in [0, 0.05) is 15.5 Å². The van der Waals surface area contributed by atoms with E-state index in [1.165, 1.54) is 23.3 Å². The van der Waals surface area contributed by atoms with Gasteiger partial charge in [-0.3, -0.25) is 0 Å². The first kappa shape index (κ1) is 12.5. The first-order valence-electron chi connectivity index (χ1n) is 5.88. The van der Waals surface area contributed by atoms with Crippen LogP contribution in [0, 0.1) is 0 Å². The van der Waals surface area contributed by atoms with Gasteiger partial charge in [0.2, 0.25) is 0 Å². The summed E-state index contributed by atoms with van der Waals surface area (Å²) in [5.74, 6) is 0. The van der Waals surface area contributed by atoms with Crippen molar-refractivity contribution in [1.29, 1.82) is 0 Å². The van der Waals surface area contributed by atoms with E-state index in [0.717, 1.165) is 16.6 Å². The molecular weight excluding hydrogens is 332 g/mol. The smallest absolute Gasteiger partial charge is 0.152 e. The summed E-state index contributed by atoms with van der Waals surface area (Å²) in [6, 6.07) is 4.56. The van der Waals surface area contributed by atoms with E-state index in [0.29, 0.717) is 11.2 Å². The van der Waals surface area contributed by atoms with Gasteiger partial charge in [0.05, 0.1) is 11.7 Å². The van der Waals surface area contributed by atoms with E-state index in [1.54, 1.807) is 6.20 Å². The molecular formula is C13H12BrClN2S. The van der Waals surface area contributed by atoms with Crippen molar-refractivity contribution in [3.05, 3.63) is 43.8 Å². The highest BCUT2D eigenvalue weighted by atomic mass is 79.9. The molecule has 2 nitrogen and oxygen atoms in total. The maximum Gasteiger partial charge on any atom is 0.152 e. The normalized spacial score (nSPS) is 18.4. The largest absolute Gasteiger partial charge is 0.376 e. The quantitative estimate of drug-likeness (QED) is 0.772. The maximum absolute atomic E-state index is 6.12. The molecule has 18 heavy (non-hydrogen) atoms. The third kappa shape index (κ3) is 2.42. The van der Waals surface area contributed by atoms with Crippen LogP contribution in [0.1, 0.15) is 29.3 Å². The molecule has 2 aromatic rings. The Morgan fingerprint density at radius 1 is 1.50 bits per heavy atom. The number of hydrogen-bond acceptors (Lipinski definition) is 3. The summed E-state index contributed by atoms with van der Waals surface area (Å²) in [6.07, 6.45) is 5.29. The zero-order valence-electron chi connectivity index (χ0n) is 9.62. The zero-order valence-corrected chi connectivity index (χ0v) is 12.8. The van der Waals surface area contributed by atoms with Crippen molar-refractivity contribution in [2.75, 3.05) is 5.32 Å². The third-order valence-corrected chi connectivity index (χ3v) is 4.92. The van der Waals surface area contributed by atoms with Gasteiger partial charge in [0.25, 0.3) is 0 Å². The van der Waals surface area contributed by atoms with E-state index in [1.807, 2.05) is 17.4 Å². The second-order valence-corrected chi connectivity index (χ2v) is 6.65. The molecule has 0 spiro atoms. The van der Waals surface area contributed by atoms with E-state index < -0.39 is 0 Å². The first-order chi connectivity index (χ1) is 8.74. The second-order valence-electron chi connectivity index (χ2n) is 4.38. The molecule has 0 saturated heterocycles. The van der Waals surface area contributed by atoms with E-state index in [-0.39, 0.29) is 0 Å². The lowest BCUT2D eigenvalue weighted by molar-refractivity contribution is 0.608. The van der Waals surface area contributed by atoms with Crippen LogP contribution in [-0.4, -0.2) is 4.98 Å². The Hall–Kier alpha value is -0.580. The molecule has 0 radical (unpaired) electrons. The highest BCUT2D eigenvalue weighted by Gasteiger charge is 2.21. The van der Waals surface area contributed by atoms with Gasteiger partial charge in [-0.1, -0.05) is 11.6 Å². The molecule has 0 aromatic carbocycles. The van der Waals surface area contributed by atoms with Crippen molar-refractivity contribution in [1.82, 2.24) is 4.98 Å². The Bertz CT molecular complexity index is 570. The molecule has 3 rings (SSSR count). The van der Waals surface area contributed by atoms with Crippen LogP contribution in [0.3, 0.4) is 0 Å². The van der Waals surface area contributed by atoms with Crippen LogP contribution >= 0.6 is 38.9 Å². The summed E-state index contributed by atoms with van der Waals surface area (Å²) in [6.45, 7) is 0. The van der Waals surface area contributed by atoms with Crippen molar-refractivity contribution in [2.24, 2.45) is 0 Å². The lowest BCUT2D eigenvalue weighted by Crippen LogP contribution is -2.16. The van der Waals surface area contributed by atoms with Crippen LogP contribution in [-0.2, 0) is 6.42 Å². The first-order valence-corrected chi connectivity index (χ1v) is 7.93. The summed E-state index contributed by atoms with van der Waals surface area (Å²) in [5, 5.41) is 6.21. The Labute approximate surface area is 124 Å². The van der Waals surface area contributed by atoms with Crippen molar-refractivity contribution in [2.45, 2.75) is 25.3 Å². The number of fused-ring (bicyclic) bond motifs is 1. The fourth-order valence-electron chi connectivity index (χ4n) is 2.35. The molecule has 1 aliphatic carbocycles. The number of halogens is 2. The Kier molecular flexibility index (Phi) is 3.59. The molecule has 0 amide bonds. The van der Waals surface area contributed by atoms with Crippen molar-refractivity contribution in [3.8, 4) is 0 Å². The van der Waals surface area contributed by atoms with Gasteiger partial charge in [-0.15, -0.1) is 11.3 Å². The predicted molar refractivity (Wildman–Crippen MR) is 80.6 cm³/mol. The van der Waals surface area contributed by atoms with Gasteiger partial charge in [0.15, 0.2) is 5.15 Å². The number of hydrogen-bond donors (Lipinski definition) is 1. The number of nitrogens with zero attached hydrogens (tertiary/aromatic N) is 1. The molecule has 0 saturated carbocycles. The minimum atomic E-state index is 0.355. The maximum atomic E-state index is 6.12. The molecule has 2 heterocycles. The van der Waals surface area contributed by atoms with Crippen molar-refractivity contribution < 1.29 is 0 Å². The van der Waals surface area contributed by atoms with Crippen LogP contribution in [0.25, 0.3) is 0 Å². The molecule has 0 aliphatic heterocycles. The molecule has 0 fully saturated rings. The summed E-state index contributed by atoms with van der Waals surface area (Å²) in [5.41, 5.74) is 2.32. The third-order valence-electron chi connectivity index (χ3n) is 3.19. The highest BCUT2D eigenvalue weighted by Crippen LogP contribution is 2.37. The monoisotopic (exact) mass is 342 g/mol. The number of aromatic nitrogens is 1. The van der Waals surface area contributed by atoms with E-state index in [9.17, 15) is 0 Å². The fraction of sp³-hybridized carbons (Fsp3) is 0.308. The number of rotatable bonds is 2. The van der Waals surface area contributed by atoms with Crippen LogP contribution < -0.4 is 5.32 Å². The fourth-order valence-corrected chi connectivity index (χ4v) is 3.82. The minimum Gasteiger partial charge on any atom is -0.376 e. The number of pyridine rings is 1. The second kappa shape index (κ2) is 5.19. The average molecular weight is 344 g/mol. The van der Waals surface area contributed by atoms with Crippen LogP contribution in [0.15, 0.2) is 28.2 Å².